The van der Waals surface area contributed by atoms with E-state index in [1.807, 2.05) is 0 Å². The molecular weight excluding hydrogens is 238 g/mol. The van der Waals surface area contributed by atoms with Crippen LogP contribution in [-0.2, 0) is 6.54 Å². The number of hydrogen-bond donors (Lipinski definition) is 3. The molecule has 0 heterocycles. The minimum atomic E-state index is -0.0877. The van der Waals surface area contributed by atoms with Gasteiger partial charge < -0.3 is 15.5 Å². The van der Waals surface area contributed by atoms with E-state index in [1.54, 1.807) is 12.1 Å². The van der Waals surface area contributed by atoms with Crippen LogP contribution in [0.25, 0.3) is 0 Å². The molecule has 0 unspecified atom stereocenters. The SMILES string of the molecule is Cc1ccc([C@@H](C)NCc2ccc(O)c(O)c2)cc1. The number of benzene rings is 2. The Morgan fingerprint density at radius 1 is 1.00 bits per heavy atom. The number of hydrogen-bond acceptors (Lipinski definition) is 3. The van der Waals surface area contributed by atoms with E-state index in [0.29, 0.717) is 6.54 Å². The topological polar surface area (TPSA) is 52.5 Å². The standard InChI is InChI=1S/C16H19NO2/c1-11-3-6-14(7-4-11)12(2)17-10-13-5-8-15(18)16(19)9-13/h3-9,12,17-19H,10H2,1-2H3/t12-/m1/s1. The van der Waals surface area contributed by atoms with Crippen molar-refractivity contribution in [2.45, 2.75) is 26.4 Å². The summed E-state index contributed by atoms with van der Waals surface area (Å²) in [5.74, 6) is -0.169. The zero-order chi connectivity index (χ0) is 13.8. The highest BCUT2D eigenvalue weighted by atomic mass is 16.3. The van der Waals surface area contributed by atoms with E-state index in [4.69, 9.17) is 0 Å². The average molecular weight is 257 g/mol. The van der Waals surface area contributed by atoms with Crippen LogP contribution in [0.15, 0.2) is 42.5 Å². The van der Waals surface area contributed by atoms with Gasteiger partial charge in [-0.25, -0.2) is 0 Å². The molecule has 0 bridgehead atoms. The molecule has 0 aliphatic carbocycles. The Hall–Kier alpha value is -2.00. The second kappa shape index (κ2) is 5.76. The van der Waals surface area contributed by atoms with Gasteiger partial charge in [0.15, 0.2) is 11.5 Å². The second-order valence-corrected chi connectivity index (χ2v) is 4.84. The van der Waals surface area contributed by atoms with Gasteiger partial charge in [0, 0.05) is 12.6 Å². The molecule has 0 fully saturated rings. The van der Waals surface area contributed by atoms with E-state index >= 15 is 0 Å². The molecule has 2 rings (SSSR count). The van der Waals surface area contributed by atoms with E-state index in [2.05, 4.69) is 43.4 Å². The Kier molecular flexibility index (Phi) is 4.07. The summed E-state index contributed by atoms with van der Waals surface area (Å²) in [5, 5.41) is 22.1. The lowest BCUT2D eigenvalue weighted by atomic mass is 10.1. The molecule has 2 aromatic rings. The van der Waals surface area contributed by atoms with Crippen LogP contribution in [0.1, 0.15) is 29.7 Å². The maximum Gasteiger partial charge on any atom is 0.157 e. The number of phenolic OH excluding ortho intramolecular Hbond substituents is 2. The van der Waals surface area contributed by atoms with Gasteiger partial charge in [0.25, 0.3) is 0 Å². The first-order valence-electron chi connectivity index (χ1n) is 6.37. The van der Waals surface area contributed by atoms with Gasteiger partial charge in [-0.3, -0.25) is 0 Å². The van der Waals surface area contributed by atoms with Gasteiger partial charge in [0.2, 0.25) is 0 Å². The zero-order valence-corrected chi connectivity index (χ0v) is 11.2. The van der Waals surface area contributed by atoms with Gasteiger partial charge in [0.05, 0.1) is 0 Å². The van der Waals surface area contributed by atoms with Gasteiger partial charge in [-0.05, 0) is 37.1 Å². The maximum absolute atomic E-state index is 9.44. The highest BCUT2D eigenvalue weighted by molar-refractivity contribution is 5.40. The molecule has 3 nitrogen and oxygen atoms in total. The quantitative estimate of drug-likeness (QED) is 0.737. The number of phenols is 2. The van der Waals surface area contributed by atoms with Crippen LogP contribution in [0.4, 0.5) is 0 Å². The first-order valence-corrected chi connectivity index (χ1v) is 6.37. The summed E-state index contributed by atoms with van der Waals surface area (Å²) in [6, 6.07) is 13.5. The van der Waals surface area contributed by atoms with Crippen molar-refractivity contribution in [3.63, 3.8) is 0 Å². The van der Waals surface area contributed by atoms with Crippen LogP contribution in [0.2, 0.25) is 0 Å². The number of nitrogens with one attached hydrogen (secondary N) is 1. The summed E-state index contributed by atoms with van der Waals surface area (Å²) in [5.41, 5.74) is 3.42. The van der Waals surface area contributed by atoms with Gasteiger partial charge in [-0.2, -0.15) is 0 Å². The van der Waals surface area contributed by atoms with E-state index in [1.165, 1.54) is 17.2 Å². The van der Waals surface area contributed by atoms with Crippen molar-refractivity contribution >= 4 is 0 Å². The highest BCUT2D eigenvalue weighted by Crippen LogP contribution is 2.25. The van der Waals surface area contributed by atoms with Crippen molar-refractivity contribution in [1.82, 2.24) is 5.32 Å². The lowest BCUT2D eigenvalue weighted by Gasteiger charge is -2.15. The molecule has 3 heteroatoms. The van der Waals surface area contributed by atoms with Crippen LogP contribution in [0.5, 0.6) is 11.5 Å². The summed E-state index contributed by atoms with van der Waals surface area (Å²) >= 11 is 0. The molecule has 2 aromatic carbocycles. The molecule has 0 saturated heterocycles. The highest BCUT2D eigenvalue weighted by Gasteiger charge is 2.05. The predicted molar refractivity (Wildman–Crippen MR) is 76.2 cm³/mol. The lowest BCUT2D eigenvalue weighted by Crippen LogP contribution is -2.17. The van der Waals surface area contributed by atoms with E-state index < -0.39 is 0 Å². The predicted octanol–water partition coefficient (Wildman–Crippen LogP) is 3.26. The smallest absolute Gasteiger partial charge is 0.157 e. The molecule has 0 amide bonds. The fraction of sp³-hybridized carbons (Fsp3) is 0.250. The molecule has 0 aromatic heterocycles. The third-order valence-electron chi connectivity index (χ3n) is 3.23. The third kappa shape index (κ3) is 3.48. The van der Waals surface area contributed by atoms with Gasteiger partial charge >= 0.3 is 0 Å². The van der Waals surface area contributed by atoms with Crippen molar-refractivity contribution < 1.29 is 10.2 Å². The number of aromatic hydroxyl groups is 2. The van der Waals surface area contributed by atoms with E-state index in [9.17, 15) is 10.2 Å². The van der Waals surface area contributed by atoms with Crippen LogP contribution in [0, 0.1) is 6.92 Å². The first kappa shape index (κ1) is 13.4. The summed E-state index contributed by atoms with van der Waals surface area (Å²) in [6.07, 6.45) is 0. The average Bonchev–Trinajstić information content (AvgIpc) is 2.40. The molecule has 19 heavy (non-hydrogen) atoms. The molecule has 0 radical (unpaired) electrons. The molecule has 100 valence electrons. The van der Waals surface area contributed by atoms with Crippen molar-refractivity contribution in [2.75, 3.05) is 0 Å². The molecule has 1 atom stereocenters. The normalized spacial score (nSPS) is 12.3. The van der Waals surface area contributed by atoms with E-state index in [-0.39, 0.29) is 17.5 Å². The number of aryl methyl sites for hydroxylation is 1. The van der Waals surface area contributed by atoms with Crippen LogP contribution >= 0.6 is 0 Å². The van der Waals surface area contributed by atoms with Crippen LogP contribution < -0.4 is 5.32 Å². The Balaban J connectivity index is 1.98. The third-order valence-corrected chi connectivity index (χ3v) is 3.23. The summed E-state index contributed by atoms with van der Waals surface area (Å²) < 4.78 is 0. The van der Waals surface area contributed by atoms with Gasteiger partial charge in [-0.15, -0.1) is 0 Å². The lowest BCUT2D eigenvalue weighted by molar-refractivity contribution is 0.402. The Morgan fingerprint density at radius 3 is 2.32 bits per heavy atom. The second-order valence-electron chi connectivity index (χ2n) is 4.84. The summed E-state index contributed by atoms with van der Waals surface area (Å²) in [4.78, 5) is 0. The maximum atomic E-state index is 9.44. The Labute approximate surface area is 113 Å². The van der Waals surface area contributed by atoms with Crippen LogP contribution in [-0.4, -0.2) is 10.2 Å². The van der Waals surface area contributed by atoms with E-state index in [0.717, 1.165) is 5.56 Å². The first-order chi connectivity index (χ1) is 9.06. The molecule has 0 aliphatic rings. The van der Waals surface area contributed by atoms with Crippen molar-refractivity contribution in [1.29, 1.82) is 0 Å². The minimum Gasteiger partial charge on any atom is -0.504 e. The summed E-state index contributed by atoms with van der Waals surface area (Å²) in [7, 11) is 0. The zero-order valence-electron chi connectivity index (χ0n) is 11.2. The van der Waals surface area contributed by atoms with Crippen molar-refractivity contribution in [3.05, 3.63) is 59.2 Å². The van der Waals surface area contributed by atoms with Crippen molar-refractivity contribution in [2.24, 2.45) is 0 Å². The largest absolute Gasteiger partial charge is 0.504 e. The summed E-state index contributed by atoms with van der Waals surface area (Å²) in [6.45, 7) is 4.81. The molecular formula is C16H19NO2. The van der Waals surface area contributed by atoms with Crippen LogP contribution in [0.3, 0.4) is 0 Å². The molecule has 3 N–H and O–H groups in total. The molecule has 0 saturated carbocycles. The molecule has 0 aliphatic heterocycles. The number of rotatable bonds is 4. The van der Waals surface area contributed by atoms with Crippen molar-refractivity contribution in [3.8, 4) is 11.5 Å². The fourth-order valence-electron chi connectivity index (χ4n) is 1.92. The van der Waals surface area contributed by atoms with Gasteiger partial charge in [0.1, 0.15) is 0 Å². The minimum absolute atomic E-state index is 0.0812. The fourth-order valence-corrected chi connectivity index (χ4v) is 1.92. The monoisotopic (exact) mass is 257 g/mol. The Morgan fingerprint density at radius 2 is 1.68 bits per heavy atom. The Bertz CT molecular complexity index is 549. The molecule has 0 spiro atoms. The van der Waals surface area contributed by atoms with Gasteiger partial charge in [-0.1, -0.05) is 35.9 Å².